The highest BCUT2D eigenvalue weighted by molar-refractivity contribution is 5.79. The van der Waals surface area contributed by atoms with Gasteiger partial charge in [0.25, 0.3) is 0 Å². The van der Waals surface area contributed by atoms with E-state index < -0.39 is 0 Å². The second kappa shape index (κ2) is 9.92. The minimum absolute atomic E-state index is 0.449. The zero-order valence-electron chi connectivity index (χ0n) is 14.4. The standard InChI is InChI=1S/C17H29N3O2/c1-6-18-17(19-7-2)20-12-13(3)10-14-8-9-15(21-4)16(11-14)22-5/h8-9,11,13H,6-7,10,12H2,1-5H3,(H2,18,19,20). The summed E-state index contributed by atoms with van der Waals surface area (Å²) in [4.78, 5) is 4.61. The van der Waals surface area contributed by atoms with Gasteiger partial charge in [0.05, 0.1) is 14.2 Å². The highest BCUT2D eigenvalue weighted by Crippen LogP contribution is 2.28. The van der Waals surface area contributed by atoms with Gasteiger partial charge in [-0.25, -0.2) is 0 Å². The Hall–Kier alpha value is -1.91. The van der Waals surface area contributed by atoms with Crippen molar-refractivity contribution in [3.63, 3.8) is 0 Å². The van der Waals surface area contributed by atoms with Crippen molar-refractivity contribution in [1.82, 2.24) is 10.6 Å². The van der Waals surface area contributed by atoms with Crippen LogP contribution in [0.25, 0.3) is 0 Å². The molecular weight excluding hydrogens is 278 g/mol. The highest BCUT2D eigenvalue weighted by Gasteiger charge is 2.08. The third-order valence-electron chi connectivity index (χ3n) is 3.28. The van der Waals surface area contributed by atoms with Crippen molar-refractivity contribution < 1.29 is 9.47 Å². The zero-order valence-corrected chi connectivity index (χ0v) is 14.4. The third-order valence-corrected chi connectivity index (χ3v) is 3.28. The van der Waals surface area contributed by atoms with Crippen LogP contribution in [0, 0.1) is 5.92 Å². The van der Waals surface area contributed by atoms with Gasteiger partial charge in [-0.15, -0.1) is 0 Å². The van der Waals surface area contributed by atoms with E-state index in [-0.39, 0.29) is 0 Å². The molecule has 0 amide bonds. The highest BCUT2D eigenvalue weighted by atomic mass is 16.5. The van der Waals surface area contributed by atoms with Crippen LogP contribution in [0.3, 0.4) is 0 Å². The van der Waals surface area contributed by atoms with Crippen LogP contribution < -0.4 is 20.1 Å². The molecule has 0 aliphatic rings. The molecule has 1 aromatic rings. The lowest BCUT2D eigenvalue weighted by molar-refractivity contribution is 0.354. The summed E-state index contributed by atoms with van der Waals surface area (Å²) in [6.45, 7) is 8.87. The first-order valence-corrected chi connectivity index (χ1v) is 7.87. The molecule has 5 nitrogen and oxygen atoms in total. The van der Waals surface area contributed by atoms with E-state index in [2.05, 4.69) is 42.5 Å². The van der Waals surface area contributed by atoms with Gasteiger partial charge in [0, 0.05) is 19.6 Å². The monoisotopic (exact) mass is 307 g/mol. The van der Waals surface area contributed by atoms with E-state index >= 15 is 0 Å². The van der Waals surface area contributed by atoms with E-state index in [0.29, 0.717) is 5.92 Å². The minimum Gasteiger partial charge on any atom is -0.493 e. The first-order chi connectivity index (χ1) is 10.6. The summed E-state index contributed by atoms with van der Waals surface area (Å²) in [5.41, 5.74) is 1.23. The molecule has 1 aromatic carbocycles. The first kappa shape index (κ1) is 18.1. The fourth-order valence-electron chi connectivity index (χ4n) is 2.23. The summed E-state index contributed by atoms with van der Waals surface area (Å²) >= 11 is 0. The molecule has 0 fully saturated rings. The molecule has 0 aromatic heterocycles. The van der Waals surface area contributed by atoms with Gasteiger partial charge in [0.15, 0.2) is 17.5 Å². The van der Waals surface area contributed by atoms with Crippen LogP contribution in [0.1, 0.15) is 26.3 Å². The molecule has 1 rings (SSSR count). The summed E-state index contributed by atoms with van der Waals surface area (Å²) in [5, 5.41) is 6.48. The molecule has 0 spiro atoms. The van der Waals surface area contributed by atoms with Crippen LogP contribution >= 0.6 is 0 Å². The Morgan fingerprint density at radius 2 is 1.73 bits per heavy atom. The van der Waals surface area contributed by atoms with Crippen molar-refractivity contribution in [2.75, 3.05) is 33.9 Å². The molecule has 0 aliphatic carbocycles. The number of ether oxygens (including phenoxy) is 2. The van der Waals surface area contributed by atoms with Gasteiger partial charge >= 0.3 is 0 Å². The number of hydrogen-bond donors (Lipinski definition) is 2. The fraction of sp³-hybridized carbons (Fsp3) is 0.588. The molecule has 124 valence electrons. The second-order valence-electron chi connectivity index (χ2n) is 5.25. The molecule has 1 unspecified atom stereocenters. The number of hydrogen-bond acceptors (Lipinski definition) is 3. The Balaban J connectivity index is 2.64. The van der Waals surface area contributed by atoms with Crippen LogP contribution in [-0.4, -0.2) is 39.8 Å². The summed E-state index contributed by atoms with van der Waals surface area (Å²) in [7, 11) is 3.31. The maximum absolute atomic E-state index is 5.35. The Bertz CT molecular complexity index is 467. The Labute approximate surface area is 134 Å². The van der Waals surface area contributed by atoms with Gasteiger partial charge < -0.3 is 20.1 Å². The predicted molar refractivity (Wildman–Crippen MR) is 92.1 cm³/mol. The number of guanidine groups is 1. The van der Waals surface area contributed by atoms with Crippen molar-refractivity contribution in [3.8, 4) is 11.5 Å². The van der Waals surface area contributed by atoms with E-state index in [9.17, 15) is 0 Å². The summed E-state index contributed by atoms with van der Waals surface area (Å²) in [5.74, 6) is 2.87. The Morgan fingerprint density at radius 3 is 2.27 bits per heavy atom. The molecule has 5 heteroatoms. The predicted octanol–water partition coefficient (Wildman–Crippen LogP) is 2.46. The number of rotatable bonds is 8. The Morgan fingerprint density at radius 1 is 1.09 bits per heavy atom. The molecule has 1 atom stereocenters. The minimum atomic E-state index is 0.449. The van der Waals surface area contributed by atoms with Gasteiger partial charge in [-0.2, -0.15) is 0 Å². The zero-order chi connectivity index (χ0) is 16.4. The van der Waals surface area contributed by atoms with Crippen LogP contribution in [0.2, 0.25) is 0 Å². The molecule has 22 heavy (non-hydrogen) atoms. The lowest BCUT2D eigenvalue weighted by Gasteiger charge is -2.14. The smallest absolute Gasteiger partial charge is 0.191 e. The topological polar surface area (TPSA) is 54.9 Å². The molecule has 0 saturated carbocycles. The van der Waals surface area contributed by atoms with Crippen molar-refractivity contribution in [2.45, 2.75) is 27.2 Å². The van der Waals surface area contributed by atoms with E-state index in [1.807, 2.05) is 12.1 Å². The molecular formula is C17H29N3O2. The number of nitrogens with zero attached hydrogens (tertiary/aromatic N) is 1. The maximum Gasteiger partial charge on any atom is 0.191 e. The van der Waals surface area contributed by atoms with Crippen LogP contribution in [-0.2, 0) is 6.42 Å². The molecule has 0 heterocycles. The summed E-state index contributed by atoms with van der Waals surface area (Å²) in [6.07, 6.45) is 0.954. The second-order valence-corrected chi connectivity index (χ2v) is 5.25. The molecule has 0 saturated heterocycles. The van der Waals surface area contributed by atoms with Gasteiger partial charge in [-0.3, -0.25) is 4.99 Å². The SMILES string of the molecule is CCNC(=NCC(C)Cc1ccc(OC)c(OC)c1)NCC. The Kier molecular flexibility index (Phi) is 8.18. The van der Waals surface area contributed by atoms with Gasteiger partial charge in [0.1, 0.15) is 0 Å². The average molecular weight is 307 g/mol. The molecule has 0 aliphatic heterocycles. The van der Waals surface area contributed by atoms with Gasteiger partial charge in [-0.1, -0.05) is 13.0 Å². The summed E-state index contributed by atoms with van der Waals surface area (Å²) in [6, 6.07) is 6.07. The first-order valence-electron chi connectivity index (χ1n) is 7.87. The number of methoxy groups -OCH3 is 2. The van der Waals surface area contributed by atoms with Crippen LogP contribution in [0.4, 0.5) is 0 Å². The van der Waals surface area contributed by atoms with Crippen molar-refractivity contribution in [3.05, 3.63) is 23.8 Å². The van der Waals surface area contributed by atoms with Crippen molar-refractivity contribution in [2.24, 2.45) is 10.9 Å². The molecule has 0 bridgehead atoms. The molecule has 0 radical (unpaired) electrons. The lowest BCUT2D eigenvalue weighted by atomic mass is 10.0. The molecule has 2 N–H and O–H groups in total. The number of benzene rings is 1. The lowest BCUT2D eigenvalue weighted by Crippen LogP contribution is -2.37. The van der Waals surface area contributed by atoms with Crippen molar-refractivity contribution in [1.29, 1.82) is 0 Å². The maximum atomic E-state index is 5.35. The third kappa shape index (κ3) is 5.84. The van der Waals surface area contributed by atoms with Crippen LogP contribution in [0.5, 0.6) is 11.5 Å². The average Bonchev–Trinajstić information content (AvgIpc) is 2.53. The van der Waals surface area contributed by atoms with Crippen LogP contribution in [0.15, 0.2) is 23.2 Å². The normalized spacial score (nSPS) is 11.5. The fourth-order valence-corrected chi connectivity index (χ4v) is 2.23. The van der Waals surface area contributed by atoms with E-state index in [4.69, 9.17) is 9.47 Å². The quantitative estimate of drug-likeness (QED) is 0.572. The van der Waals surface area contributed by atoms with Gasteiger partial charge in [0.2, 0.25) is 0 Å². The van der Waals surface area contributed by atoms with Crippen molar-refractivity contribution >= 4 is 5.96 Å². The number of aliphatic imine (C=N–C) groups is 1. The largest absolute Gasteiger partial charge is 0.493 e. The van der Waals surface area contributed by atoms with E-state index in [1.54, 1.807) is 14.2 Å². The van der Waals surface area contributed by atoms with E-state index in [1.165, 1.54) is 5.56 Å². The van der Waals surface area contributed by atoms with Gasteiger partial charge in [-0.05, 0) is 43.9 Å². The summed E-state index contributed by atoms with van der Waals surface area (Å²) < 4.78 is 10.6. The number of nitrogens with one attached hydrogen (secondary N) is 2. The van der Waals surface area contributed by atoms with E-state index in [0.717, 1.165) is 43.5 Å².